The lowest BCUT2D eigenvalue weighted by Gasteiger charge is -2.06. The van der Waals surface area contributed by atoms with Gasteiger partial charge in [-0.3, -0.25) is 4.79 Å². The Bertz CT molecular complexity index is 452. The fraction of sp³-hybridized carbons (Fsp3) is 0.429. The van der Waals surface area contributed by atoms with Gasteiger partial charge in [0.2, 0.25) is 5.91 Å². The Hall–Kier alpha value is -1.88. The molecule has 1 saturated carbocycles. The van der Waals surface area contributed by atoms with Crippen molar-refractivity contribution >= 4 is 11.9 Å². The van der Waals surface area contributed by atoms with Crippen molar-refractivity contribution in [1.82, 2.24) is 10.6 Å². The molecule has 0 unspecified atom stereocenters. The number of benzene rings is 1. The molecular formula is C14H18N2O3. The lowest BCUT2D eigenvalue weighted by Crippen LogP contribution is -2.32. The fourth-order valence-corrected chi connectivity index (χ4v) is 1.76. The molecule has 19 heavy (non-hydrogen) atoms. The smallest absolute Gasteiger partial charge is 0.335 e. The van der Waals surface area contributed by atoms with Gasteiger partial charge in [-0.25, -0.2) is 4.79 Å². The lowest BCUT2D eigenvalue weighted by atomic mass is 10.1. The standard InChI is InChI=1S/C14H18N2O3/c17-13(11-5-6-11)16-8-7-15-9-10-1-3-12(4-2-10)14(18)19/h1-4,11,15H,5-9H2,(H,16,17)(H,18,19). The number of carbonyl (C=O) groups excluding carboxylic acids is 1. The molecule has 102 valence electrons. The van der Waals surface area contributed by atoms with E-state index in [1.165, 1.54) is 0 Å². The quantitative estimate of drug-likeness (QED) is 0.641. The van der Waals surface area contributed by atoms with Crippen LogP contribution >= 0.6 is 0 Å². The molecular weight excluding hydrogens is 244 g/mol. The third-order valence-electron chi connectivity index (χ3n) is 3.08. The molecule has 1 aliphatic carbocycles. The summed E-state index contributed by atoms with van der Waals surface area (Å²) in [5, 5.41) is 14.8. The van der Waals surface area contributed by atoms with Gasteiger partial charge in [-0.1, -0.05) is 12.1 Å². The van der Waals surface area contributed by atoms with Crippen molar-refractivity contribution in [1.29, 1.82) is 0 Å². The van der Waals surface area contributed by atoms with E-state index in [1.54, 1.807) is 24.3 Å². The molecule has 0 saturated heterocycles. The second-order valence-electron chi connectivity index (χ2n) is 4.74. The number of rotatable bonds is 7. The topological polar surface area (TPSA) is 78.4 Å². The highest BCUT2D eigenvalue weighted by molar-refractivity contribution is 5.87. The molecule has 1 amide bonds. The summed E-state index contributed by atoms with van der Waals surface area (Å²) in [4.78, 5) is 22.0. The minimum Gasteiger partial charge on any atom is -0.478 e. The van der Waals surface area contributed by atoms with E-state index in [0.29, 0.717) is 25.2 Å². The summed E-state index contributed by atoms with van der Waals surface area (Å²) in [5.74, 6) is -0.501. The first kappa shape index (κ1) is 13.5. The first-order valence-electron chi connectivity index (χ1n) is 6.47. The van der Waals surface area contributed by atoms with Crippen molar-refractivity contribution in [3.8, 4) is 0 Å². The summed E-state index contributed by atoms with van der Waals surface area (Å²) in [6.45, 7) is 2.00. The summed E-state index contributed by atoms with van der Waals surface area (Å²) in [5.41, 5.74) is 1.32. The lowest BCUT2D eigenvalue weighted by molar-refractivity contribution is -0.122. The van der Waals surface area contributed by atoms with Crippen LogP contribution in [0.3, 0.4) is 0 Å². The highest BCUT2D eigenvalue weighted by atomic mass is 16.4. The Balaban J connectivity index is 1.62. The number of hydrogen-bond donors (Lipinski definition) is 3. The average Bonchev–Trinajstić information content (AvgIpc) is 3.23. The third kappa shape index (κ3) is 4.37. The molecule has 0 spiro atoms. The summed E-state index contributed by atoms with van der Waals surface area (Å²) >= 11 is 0. The van der Waals surface area contributed by atoms with Gasteiger partial charge < -0.3 is 15.7 Å². The Kier molecular flexibility index (Phi) is 4.52. The van der Waals surface area contributed by atoms with Crippen LogP contribution in [-0.2, 0) is 11.3 Å². The van der Waals surface area contributed by atoms with Gasteiger partial charge in [0.05, 0.1) is 5.56 Å². The molecule has 3 N–H and O–H groups in total. The first-order chi connectivity index (χ1) is 9.16. The van der Waals surface area contributed by atoms with Crippen molar-refractivity contribution in [2.45, 2.75) is 19.4 Å². The number of carboxylic acid groups (broad SMARTS) is 1. The number of carboxylic acids is 1. The molecule has 2 rings (SSSR count). The second kappa shape index (κ2) is 6.33. The molecule has 0 aliphatic heterocycles. The average molecular weight is 262 g/mol. The molecule has 1 aromatic rings. The summed E-state index contributed by atoms with van der Waals surface area (Å²) in [7, 11) is 0. The molecule has 5 heteroatoms. The maximum Gasteiger partial charge on any atom is 0.335 e. The van der Waals surface area contributed by atoms with Crippen LogP contribution in [0, 0.1) is 5.92 Å². The van der Waals surface area contributed by atoms with Gasteiger partial charge >= 0.3 is 5.97 Å². The van der Waals surface area contributed by atoms with E-state index in [9.17, 15) is 9.59 Å². The Morgan fingerprint density at radius 2 is 1.84 bits per heavy atom. The normalized spacial score (nSPS) is 14.1. The van der Waals surface area contributed by atoms with Gasteiger partial charge in [0, 0.05) is 25.6 Å². The molecule has 1 fully saturated rings. The summed E-state index contributed by atoms with van der Waals surface area (Å²) in [6.07, 6.45) is 2.05. The minimum atomic E-state index is -0.915. The Labute approximate surface area is 112 Å². The number of aromatic carboxylic acids is 1. The van der Waals surface area contributed by atoms with Gasteiger partial charge in [-0.2, -0.15) is 0 Å². The van der Waals surface area contributed by atoms with Gasteiger partial charge in [-0.05, 0) is 30.5 Å². The van der Waals surface area contributed by atoms with E-state index in [2.05, 4.69) is 10.6 Å². The van der Waals surface area contributed by atoms with Crippen LogP contribution < -0.4 is 10.6 Å². The van der Waals surface area contributed by atoms with Crippen LogP contribution in [0.5, 0.6) is 0 Å². The number of amides is 1. The number of nitrogens with one attached hydrogen (secondary N) is 2. The van der Waals surface area contributed by atoms with E-state index in [0.717, 1.165) is 18.4 Å². The molecule has 5 nitrogen and oxygen atoms in total. The zero-order valence-corrected chi connectivity index (χ0v) is 10.7. The SMILES string of the molecule is O=C(O)c1ccc(CNCCNC(=O)C2CC2)cc1. The molecule has 1 aliphatic rings. The zero-order chi connectivity index (χ0) is 13.7. The van der Waals surface area contributed by atoms with Crippen molar-refractivity contribution < 1.29 is 14.7 Å². The number of carbonyl (C=O) groups is 2. The minimum absolute atomic E-state index is 0.160. The Morgan fingerprint density at radius 3 is 2.42 bits per heavy atom. The van der Waals surface area contributed by atoms with Gasteiger partial charge in [0.15, 0.2) is 0 Å². The summed E-state index contributed by atoms with van der Waals surface area (Å²) < 4.78 is 0. The highest BCUT2D eigenvalue weighted by Crippen LogP contribution is 2.28. The van der Waals surface area contributed by atoms with E-state index in [1.807, 2.05) is 0 Å². The zero-order valence-electron chi connectivity index (χ0n) is 10.7. The van der Waals surface area contributed by atoms with Crippen LogP contribution in [-0.4, -0.2) is 30.1 Å². The summed E-state index contributed by atoms with van der Waals surface area (Å²) in [6, 6.07) is 6.76. The van der Waals surface area contributed by atoms with E-state index >= 15 is 0 Å². The van der Waals surface area contributed by atoms with Crippen molar-refractivity contribution in [3.63, 3.8) is 0 Å². The monoisotopic (exact) mass is 262 g/mol. The van der Waals surface area contributed by atoms with Crippen molar-refractivity contribution in [2.75, 3.05) is 13.1 Å². The largest absolute Gasteiger partial charge is 0.478 e. The molecule has 0 radical (unpaired) electrons. The van der Waals surface area contributed by atoms with Crippen molar-refractivity contribution in [2.24, 2.45) is 5.92 Å². The molecule has 0 atom stereocenters. The van der Waals surface area contributed by atoms with Crippen LogP contribution in [0.15, 0.2) is 24.3 Å². The van der Waals surface area contributed by atoms with Gasteiger partial charge in [0.25, 0.3) is 0 Å². The van der Waals surface area contributed by atoms with Crippen LogP contribution in [0.2, 0.25) is 0 Å². The van der Waals surface area contributed by atoms with Crippen LogP contribution in [0.1, 0.15) is 28.8 Å². The van der Waals surface area contributed by atoms with E-state index < -0.39 is 5.97 Å². The van der Waals surface area contributed by atoms with E-state index in [4.69, 9.17) is 5.11 Å². The Morgan fingerprint density at radius 1 is 1.16 bits per heavy atom. The van der Waals surface area contributed by atoms with Crippen LogP contribution in [0.25, 0.3) is 0 Å². The first-order valence-corrected chi connectivity index (χ1v) is 6.47. The molecule has 0 aromatic heterocycles. The molecule has 0 heterocycles. The van der Waals surface area contributed by atoms with Gasteiger partial charge in [0.1, 0.15) is 0 Å². The molecule has 1 aromatic carbocycles. The number of hydrogen-bond acceptors (Lipinski definition) is 3. The maximum atomic E-state index is 11.3. The van der Waals surface area contributed by atoms with E-state index in [-0.39, 0.29) is 11.8 Å². The predicted molar refractivity (Wildman–Crippen MR) is 70.8 cm³/mol. The maximum absolute atomic E-state index is 11.3. The van der Waals surface area contributed by atoms with Crippen LogP contribution in [0.4, 0.5) is 0 Å². The predicted octanol–water partition coefficient (Wildman–Crippen LogP) is 1.00. The second-order valence-corrected chi connectivity index (χ2v) is 4.74. The highest BCUT2D eigenvalue weighted by Gasteiger charge is 2.28. The van der Waals surface area contributed by atoms with Crippen molar-refractivity contribution in [3.05, 3.63) is 35.4 Å². The third-order valence-corrected chi connectivity index (χ3v) is 3.08. The fourth-order valence-electron chi connectivity index (χ4n) is 1.76. The van der Waals surface area contributed by atoms with Gasteiger partial charge in [-0.15, -0.1) is 0 Å². The molecule has 0 bridgehead atoms.